The first-order chi connectivity index (χ1) is 16.8. The summed E-state index contributed by atoms with van der Waals surface area (Å²) in [7, 11) is 0. The van der Waals surface area contributed by atoms with Crippen molar-refractivity contribution in [2.45, 2.75) is 58.4 Å². The molecule has 0 atom stereocenters. The fraction of sp³-hybridized carbons (Fsp3) is 0.464. The number of aromatic nitrogens is 2. The van der Waals surface area contributed by atoms with Gasteiger partial charge >= 0.3 is 0 Å². The highest BCUT2D eigenvalue weighted by Crippen LogP contribution is 2.25. The van der Waals surface area contributed by atoms with Gasteiger partial charge in [0.2, 0.25) is 17.6 Å². The van der Waals surface area contributed by atoms with E-state index in [2.05, 4.69) is 65.4 Å². The molecular weight excluding hydrogens is 460 g/mol. The van der Waals surface area contributed by atoms with E-state index in [4.69, 9.17) is 16.1 Å². The van der Waals surface area contributed by atoms with Crippen LogP contribution in [0.2, 0.25) is 5.02 Å². The maximum Gasteiger partial charge on any atom is 0.241 e. The summed E-state index contributed by atoms with van der Waals surface area (Å²) >= 11 is 5.93. The van der Waals surface area contributed by atoms with Gasteiger partial charge in [0.1, 0.15) is 0 Å². The standard InChI is InChI=1S/C28H35ClN4O2/c1-28(2,3)23-10-8-21(9-11-23)26-31-25(35-32-26)19-33-17-14-22(15-18-33)27(34)30-16-4-5-20-6-12-24(29)13-7-20/h6-13,22H,4-5,14-19H2,1-3H3,(H,30,34). The van der Waals surface area contributed by atoms with Crippen LogP contribution < -0.4 is 5.32 Å². The van der Waals surface area contributed by atoms with Crippen LogP contribution in [0.1, 0.15) is 57.1 Å². The minimum Gasteiger partial charge on any atom is -0.356 e. The van der Waals surface area contributed by atoms with Crippen molar-refractivity contribution < 1.29 is 9.32 Å². The van der Waals surface area contributed by atoms with Crippen LogP contribution >= 0.6 is 11.6 Å². The highest BCUT2D eigenvalue weighted by atomic mass is 35.5. The van der Waals surface area contributed by atoms with Crippen molar-refractivity contribution in [1.82, 2.24) is 20.4 Å². The first-order valence-electron chi connectivity index (χ1n) is 12.5. The Balaban J connectivity index is 1.18. The van der Waals surface area contributed by atoms with Crippen molar-refractivity contribution in [1.29, 1.82) is 0 Å². The Kier molecular flexibility index (Phi) is 8.24. The zero-order valence-electron chi connectivity index (χ0n) is 20.9. The Morgan fingerprint density at radius 1 is 1.09 bits per heavy atom. The second-order valence-corrected chi connectivity index (χ2v) is 10.8. The highest BCUT2D eigenvalue weighted by molar-refractivity contribution is 6.30. The summed E-state index contributed by atoms with van der Waals surface area (Å²) < 4.78 is 5.51. The number of halogens is 1. The molecule has 1 aromatic heterocycles. The lowest BCUT2D eigenvalue weighted by atomic mass is 9.87. The van der Waals surface area contributed by atoms with Gasteiger partial charge in [0, 0.05) is 23.0 Å². The molecule has 7 heteroatoms. The molecule has 1 aliphatic rings. The average molecular weight is 495 g/mol. The summed E-state index contributed by atoms with van der Waals surface area (Å²) in [6, 6.07) is 16.2. The normalized spacial score (nSPS) is 15.3. The Morgan fingerprint density at radius 3 is 2.43 bits per heavy atom. The molecule has 3 aromatic rings. The number of piperidine rings is 1. The van der Waals surface area contributed by atoms with Gasteiger partial charge in [-0.05, 0) is 67.4 Å². The molecule has 1 fully saturated rings. The molecule has 35 heavy (non-hydrogen) atoms. The number of benzene rings is 2. The topological polar surface area (TPSA) is 71.3 Å². The van der Waals surface area contributed by atoms with Gasteiger partial charge in [0.15, 0.2) is 0 Å². The first kappa shape index (κ1) is 25.4. The van der Waals surface area contributed by atoms with E-state index in [1.165, 1.54) is 11.1 Å². The molecule has 2 heterocycles. The van der Waals surface area contributed by atoms with Crippen molar-refractivity contribution in [2.75, 3.05) is 19.6 Å². The van der Waals surface area contributed by atoms with Crippen LogP contribution in [-0.2, 0) is 23.2 Å². The van der Waals surface area contributed by atoms with E-state index < -0.39 is 0 Å². The number of hydrogen-bond acceptors (Lipinski definition) is 5. The molecule has 1 aliphatic heterocycles. The summed E-state index contributed by atoms with van der Waals surface area (Å²) in [5.74, 6) is 1.47. The zero-order chi connectivity index (χ0) is 24.8. The first-order valence-corrected chi connectivity index (χ1v) is 12.8. The number of nitrogens with one attached hydrogen (secondary N) is 1. The smallest absolute Gasteiger partial charge is 0.241 e. The Labute approximate surface area is 213 Å². The van der Waals surface area contributed by atoms with E-state index >= 15 is 0 Å². The Morgan fingerprint density at radius 2 is 1.77 bits per heavy atom. The van der Waals surface area contributed by atoms with Crippen molar-refractivity contribution in [3.05, 3.63) is 70.6 Å². The highest BCUT2D eigenvalue weighted by Gasteiger charge is 2.26. The van der Waals surface area contributed by atoms with E-state index in [1.807, 2.05) is 24.3 Å². The van der Waals surface area contributed by atoms with Crippen molar-refractivity contribution in [3.63, 3.8) is 0 Å². The molecule has 0 unspecified atom stereocenters. The molecule has 0 radical (unpaired) electrons. The number of carbonyl (C=O) groups excluding carboxylic acids is 1. The van der Waals surface area contributed by atoms with Crippen molar-refractivity contribution in [3.8, 4) is 11.4 Å². The molecule has 1 N–H and O–H groups in total. The molecule has 1 amide bonds. The van der Waals surface area contributed by atoms with Crippen LogP contribution in [0.4, 0.5) is 0 Å². The van der Waals surface area contributed by atoms with Gasteiger partial charge in [-0.25, -0.2) is 0 Å². The minimum absolute atomic E-state index is 0.0707. The van der Waals surface area contributed by atoms with E-state index in [-0.39, 0.29) is 17.2 Å². The summed E-state index contributed by atoms with van der Waals surface area (Å²) in [6.07, 6.45) is 3.55. The maximum atomic E-state index is 12.6. The number of likely N-dealkylation sites (tertiary alicyclic amines) is 1. The third-order valence-corrected chi connectivity index (χ3v) is 6.90. The number of amides is 1. The van der Waals surface area contributed by atoms with Gasteiger partial charge in [-0.3, -0.25) is 9.69 Å². The SMILES string of the molecule is CC(C)(C)c1ccc(-c2noc(CN3CCC(C(=O)NCCCc4ccc(Cl)cc4)CC3)n2)cc1. The Bertz CT molecular complexity index is 1100. The van der Waals surface area contributed by atoms with Crippen LogP contribution in [0, 0.1) is 5.92 Å². The lowest BCUT2D eigenvalue weighted by Crippen LogP contribution is -2.40. The molecule has 186 valence electrons. The summed E-state index contributed by atoms with van der Waals surface area (Å²) in [4.78, 5) is 19.5. The molecule has 4 rings (SSSR count). The van der Waals surface area contributed by atoms with E-state index in [0.717, 1.165) is 49.4 Å². The van der Waals surface area contributed by atoms with Crippen molar-refractivity contribution in [2.24, 2.45) is 5.92 Å². The second-order valence-electron chi connectivity index (χ2n) is 10.4. The largest absolute Gasteiger partial charge is 0.356 e. The molecule has 2 aromatic carbocycles. The molecular formula is C28H35ClN4O2. The second kappa shape index (κ2) is 11.4. The van der Waals surface area contributed by atoms with Gasteiger partial charge in [-0.15, -0.1) is 0 Å². The van der Waals surface area contributed by atoms with Crippen LogP contribution in [0.15, 0.2) is 53.1 Å². The lowest BCUT2D eigenvalue weighted by Gasteiger charge is -2.30. The summed E-state index contributed by atoms with van der Waals surface area (Å²) in [5.41, 5.74) is 3.59. The quantitative estimate of drug-likeness (QED) is 0.410. The van der Waals surface area contributed by atoms with E-state index in [0.29, 0.717) is 24.8 Å². The van der Waals surface area contributed by atoms with Crippen LogP contribution in [0.25, 0.3) is 11.4 Å². The van der Waals surface area contributed by atoms with Gasteiger partial charge < -0.3 is 9.84 Å². The maximum absolute atomic E-state index is 12.6. The fourth-order valence-electron chi connectivity index (χ4n) is 4.40. The number of nitrogens with zero attached hydrogens (tertiary/aromatic N) is 3. The van der Waals surface area contributed by atoms with Crippen LogP contribution in [-0.4, -0.2) is 40.6 Å². The number of carbonyl (C=O) groups is 1. The minimum atomic E-state index is 0.0707. The van der Waals surface area contributed by atoms with Crippen LogP contribution in [0.3, 0.4) is 0 Å². The predicted octanol–water partition coefficient (Wildman–Crippen LogP) is 5.65. The molecule has 0 aliphatic carbocycles. The van der Waals surface area contributed by atoms with Gasteiger partial charge in [-0.1, -0.05) is 73.9 Å². The van der Waals surface area contributed by atoms with Crippen molar-refractivity contribution >= 4 is 17.5 Å². The lowest BCUT2D eigenvalue weighted by molar-refractivity contribution is -0.126. The molecule has 6 nitrogen and oxygen atoms in total. The number of hydrogen-bond donors (Lipinski definition) is 1. The zero-order valence-corrected chi connectivity index (χ0v) is 21.6. The number of aryl methyl sites for hydroxylation is 1. The average Bonchev–Trinajstić information content (AvgIpc) is 3.31. The van der Waals surface area contributed by atoms with Gasteiger partial charge in [-0.2, -0.15) is 4.98 Å². The third-order valence-electron chi connectivity index (χ3n) is 6.65. The van der Waals surface area contributed by atoms with E-state index in [9.17, 15) is 4.79 Å². The molecule has 0 spiro atoms. The van der Waals surface area contributed by atoms with Gasteiger partial charge in [0.25, 0.3) is 0 Å². The third kappa shape index (κ3) is 7.15. The fourth-order valence-corrected chi connectivity index (χ4v) is 4.53. The summed E-state index contributed by atoms with van der Waals surface area (Å²) in [5, 5.41) is 8.03. The Hall–Kier alpha value is -2.70. The molecule has 1 saturated heterocycles. The van der Waals surface area contributed by atoms with Gasteiger partial charge in [0.05, 0.1) is 6.54 Å². The summed E-state index contributed by atoms with van der Waals surface area (Å²) in [6.45, 7) is 9.60. The molecule has 0 bridgehead atoms. The molecule has 0 saturated carbocycles. The predicted molar refractivity (Wildman–Crippen MR) is 139 cm³/mol. The van der Waals surface area contributed by atoms with Crippen LogP contribution in [0.5, 0.6) is 0 Å². The van der Waals surface area contributed by atoms with E-state index in [1.54, 1.807) is 0 Å². The monoisotopic (exact) mass is 494 g/mol. The number of rotatable bonds is 8.